The molecule has 0 saturated carbocycles. The lowest BCUT2D eigenvalue weighted by Crippen LogP contribution is -2.45. The summed E-state index contributed by atoms with van der Waals surface area (Å²) in [4.78, 5) is 24.1. The number of halogens is 1. The summed E-state index contributed by atoms with van der Waals surface area (Å²) in [7, 11) is 2.84. The number of nitrogens with one attached hydrogen (secondary N) is 1. The van der Waals surface area contributed by atoms with Crippen LogP contribution in [-0.4, -0.2) is 32.1 Å². The minimum Gasteiger partial charge on any atom is -0.496 e. The number of ether oxygens (including phenoxy) is 2. The van der Waals surface area contributed by atoms with Gasteiger partial charge in [0.15, 0.2) is 0 Å². The van der Waals surface area contributed by atoms with Crippen LogP contribution in [0.2, 0.25) is 0 Å². The van der Waals surface area contributed by atoms with E-state index in [1.54, 1.807) is 18.2 Å². The largest absolute Gasteiger partial charge is 0.496 e. The Balaban J connectivity index is 2.94. The lowest BCUT2D eigenvalue weighted by Gasteiger charge is -2.22. The monoisotopic (exact) mass is 357 g/mol. The Hall–Kier alpha value is -1.56. The summed E-state index contributed by atoms with van der Waals surface area (Å²) in [5.41, 5.74) is 0.423. The molecule has 0 saturated heterocycles. The van der Waals surface area contributed by atoms with Gasteiger partial charge in [0.05, 0.1) is 18.7 Å². The molecule has 0 radical (unpaired) electrons. The number of amides is 1. The van der Waals surface area contributed by atoms with Crippen molar-refractivity contribution in [2.45, 2.75) is 26.3 Å². The Morgan fingerprint density at radius 1 is 1.33 bits per heavy atom. The molecule has 1 aromatic carbocycles. The highest BCUT2D eigenvalue weighted by molar-refractivity contribution is 9.10. The average Bonchev–Trinajstić information content (AvgIpc) is 2.51. The molecule has 0 aliphatic heterocycles. The number of carbonyl (C=O) groups excluding carboxylic acids is 2. The topological polar surface area (TPSA) is 64.6 Å². The van der Waals surface area contributed by atoms with E-state index in [2.05, 4.69) is 21.2 Å². The smallest absolute Gasteiger partial charge is 0.328 e. The van der Waals surface area contributed by atoms with Gasteiger partial charge in [0.1, 0.15) is 11.8 Å². The number of esters is 1. The second-order valence-electron chi connectivity index (χ2n) is 4.71. The molecule has 0 aliphatic carbocycles. The van der Waals surface area contributed by atoms with Gasteiger partial charge in [-0.15, -0.1) is 0 Å². The van der Waals surface area contributed by atoms with Crippen molar-refractivity contribution in [3.63, 3.8) is 0 Å². The van der Waals surface area contributed by atoms with Crippen LogP contribution in [0.1, 0.15) is 30.6 Å². The zero-order valence-electron chi connectivity index (χ0n) is 12.6. The van der Waals surface area contributed by atoms with E-state index in [0.29, 0.717) is 11.3 Å². The first kappa shape index (κ1) is 17.5. The normalized spacial score (nSPS) is 13.2. The number of hydrogen-bond donors (Lipinski definition) is 1. The minimum atomic E-state index is -0.665. The number of benzene rings is 1. The van der Waals surface area contributed by atoms with Crippen LogP contribution in [0.4, 0.5) is 0 Å². The predicted molar refractivity (Wildman–Crippen MR) is 83.4 cm³/mol. The second-order valence-corrected chi connectivity index (χ2v) is 5.56. The van der Waals surface area contributed by atoms with Gasteiger partial charge in [0.2, 0.25) is 0 Å². The standard InChI is InChI=1S/C15H20BrNO4/c1-5-9(2)13(15(19)21-4)17-14(18)10-6-7-11(16)12(8-10)20-3/h6-9,13H,5H2,1-4H3,(H,17,18)/t9?,13-/m0/s1. The van der Waals surface area contributed by atoms with Crippen LogP contribution in [0, 0.1) is 5.92 Å². The van der Waals surface area contributed by atoms with Crippen molar-refractivity contribution in [1.82, 2.24) is 5.32 Å². The van der Waals surface area contributed by atoms with Crippen LogP contribution in [0.15, 0.2) is 22.7 Å². The molecule has 1 unspecified atom stereocenters. The second kappa shape index (κ2) is 8.02. The molecule has 0 aliphatic rings. The van der Waals surface area contributed by atoms with Crippen LogP contribution >= 0.6 is 15.9 Å². The maximum Gasteiger partial charge on any atom is 0.328 e. The van der Waals surface area contributed by atoms with Crippen molar-refractivity contribution in [3.8, 4) is 5.75 Å². The van der Waals surface area contributed by atoms with Crippen molar-refractivity contribution in [2.75, 3.05) is 14.2 Å². The van der Waals surface area contributed by atoms with Gasteiger partial charge >= 0.3 is 5.97 Å². The third-order valence-corrected chi connectivity index (χ3v) is 4.02. The molecule has 1 N–H and O–H groups in total. The Bertz CT molecular complexity index is 518. The lowest BCUT2D eigenvalue weighted by molar-refractivity contribution is -0.144. The number of hydrogen-bond acceptors (Lipinski definition) is 4. The van der Waals surface area contributed by atoms with Crippen molar-refractivity contribution >= 4 is 27.8 Å². The Morgan fingerprint density at radius 2 is 2.00 bits per heavy atom. The van der Waals surface area contributed by atoms with Crippen LogP contribution in [-0.2, 0) is 9.53 Å². The quantitative estimate of drug-likeness (QED) is 0.795. The molecule has 116 valence electrons. The SMILES string of the molecule is CCC(C)[C@H](NC(=O)c1ccc(Br)c(OC)c1)C(=O)OC. The van der Waals surface area contributed by atoms with Gasteiger partial charge in [0.25, 0.3) is 5.91 Å². The van der Waals surface area contributed by atoms with E-state index in [4.69, 9.17) is 9.47 Å². The molecule has 0 bridgehead atoms. The maximum atomic E-state index is 12.3. The number of methoxy groups -OCH3 is 2. The van der Waals surface area contributed by atoms with Crippen molar-refractivity contribution < 1.29 is 19.1 Å². The molecule has 1 amide bonds. The fourth-order valence-electron chi connectivity index (χ4n) is 1.82. The van der Waals surface area contributed by atoms with Gasteiger partial charge in [-0.05, 0) is 40.0 Å². The van der Waals surface area contributed by atoms with Gasteiger partial charge < -0.3 is 14.8 Å². The van der Waals surface area contributed by atoms with Gasteiger partial charge in [-0.3, -0.25) is 4.79 Å². The van der Waals surface area contributed by atoms with E-state index in [-0.39, 0.29) is 11.8 Å². The summed E-state index contributed by atoms with van der Waals surface area (Å²) in [5, 5.41) is 2.72. The van der Waals surface area contributed by atoms with Crippen LogP contribution in [0.3, 0.4) is 0 Å². The molecule has 5 nitrogen and oxygen atoms in total. The molecule has 0 fully saturated rings. The predicted octanol–water partition coefficient (Wildman–Crippen LogP) is 2.78. The first-order valence-corrected chi connectivity index (χ1v) is 7.46. The zero-order chi connectivity index (χ0) is 16.0. The van der Waals surface area contributed by atoms with Crippen LogP contribution in [0.25, 0.3) is 0 Å². The number of carbonyl (C=O) groups is 2. The van der Waals surface area contributed by atoms with E-state index in [9.17, 15) is 9.59 Å². The number of rotatable bonds is 6. The molecule has 0 heterocycles. The molecule has 21 heavy (non-hydrogen) atoms. The molecule has 0 spiro atoms. The van der Waals surface area contributed by atoms with Crippen molar-refractivity contribution in [2.24, 2.45) is 5.92 Å². The summed E-state index contributed by atoms with van der Waals surface area (Å²) < 4.78 is 10.7. The Labute approximate surface area is 133 Å². The summed E-state index contributed by atoms with van der Waals surface area (Å²) >= 11 is 3.33. The van der Waals surface area contributed by atoms with E-state index in [0.717, 1.165) is 10.9 Å². The Kier molecular flexibility index (Phi) is 6.68. The van der Waals surface area contributed by atoms with E-state index in [1.165, 1.54) is 14.2 Å². The summed E-state index contributed by atoms with van der Waals surface area (Å²) in [6.45, 7) is 3.85. The fraction of sp³-hybridized carbons (Fsp3) is 0.467. The van der Waals surface area contributed by atoms with Gasteiger partial charge in [0, 0.05) is 5.56 Å². The Morgan fingerprint density at radius 3 is 2.52 bits per heavy atom. The van der Waals surface area contributed by atoms with Crippen LogP contribution in [0.5, 0.6) is 5.75 Å². The summed E-state index contributed by atoms with van der Waals surface area (Å²) in [5.74, 6) is -0.238. The molecular formula is C15H20BrNO4. The molecular weight excluding hydrogens is 338 g/mol. The van der Waals surface area contributed by atoms with Crippen molar-refractivity contribution in [1.29, 1.82) is 0 Å². The lowest BCUT2D eigenvalue weighted by atomic mass is 9.99. The highest BCUT2D eigenvalue weighted by atomic mass is 79.9. The van der Waals surface area contributed by atoms with Gasteiger partial charge in [-0.2, -0.15) is 0 Å². The highest BCUT2D eigenvalue weighted by Crippen LogP contribution is 2.25. The van der Waals surface area contributed by atoms with E-state index in [1.807, 2.05) is 13.8 Å². The molecule has 1 aromatic rings. The molecule has 0 aromatic heterocycles. The first-order valence-electron chi connectivity index (χ1n) is 6.66. The van der Waals surface area contributed by atoms with Crippen LogP contribution < -0.4 is 10.1 Å². The first-order chi connectivity index (χ1) is 9.94. The van der Waals surface area contributed by atoms with E-state index >= 15 is 0 Å². The highest BCUT2D eigenvalue weighted by Gasteiger charge is 2.27. The van der Waals surface area contributed by atoms with Crippen molar-refractivity contribution in [3.05, 3.63) is 28.2 Å². The van der Waals surface area contributed by atoms with Gasteiger partial charge in [-0.25, -0.2) is 4.79 Å². The molecule has 6 heteroatoms. The fourth-order valence-corrected chi connectivity index (χ4v) is 2.23. The third-order valence-electron chi connectivity index (χ3n) is 3.37. The van der Waals surface area contributed by atoms with E-state index < -0.39 is 12.0 Å². The summed E-state index contributed by atoms with van der Waals surface area (Å²) in [6, 6.07) is 4.34. The van der Waals surface area contributed by atoms with Gasteiger partial charge in [-0.1, -0.05) is 20.3 Å². The third kappa shape index (κ3) is 4.46. The maximum absolute atomic E-state index is 12.3. The molecule has 1 rings (SSSR count). The minimum absolute atomic E-state index is 0.0151. The zero-order valence-corrected chi connectivity index (χ0v) is 14.2. The average molecular weight is 358 g/mol. The molecule has 2 atom stereocenters. The summed E-state index contributed by atoms with van der Waals surface area (Å²) in [6.07, 6.45) is 0.754.